The van der Waals surface area contributed by atoms with E-state index in [0.29, 0.717) is 11.6 Å². The second-order valence-corrected chi connectivity index (χ2v) is 13.5. The van der Waals surface area contributed by atoms with Crippen LogP contribution in [0.4, 0.5) is 25.1 Å². The molecular formula is C25H26BrClF2N4O4S2. The second-order valence-electron chi connectivity index (χ2n) is 9.82. The van der Waals surface area contributed by atoms with Crippen molar-refractivity contribution in [3.8, 4) is 0 Å². The SMILES string of the molecule is CC(C)(C)OC(=O)N(c1cscn1)S(=O)(=O)c1c(F)cc(NCc2c(Cl)cccc2CN2CCC2)c(Br)c1F. The number of carbonyl (C=O) groups excluding carboxylic acids is 1. The average Bonchev–Trinajstić information content (AvgIpc) is 3.31. The Morgan fingerprint density at radius 3 is 2.62 bits per heavy atom. The zero-order chi connectivity index (χ0) is 28.5. The number of nitrogens with zero attached hydrogens (tertiary/aromatic N) is 3. The van der Waals surface area contributed by atoms with E-state index in [9.17, 15) is 13.2 Å². The molecule has 0 atom stereocenters. The molecule has 1 N–H and O–H groups in total. The molecule has 39 heavy (non-hydrogen) atoms. The molecule has 14 heteroatoms. The fraction of sp³-hybridized carbons (Fsp3) is 0.360. The molecule has 0 spiro atoms. The van der Waals surface area contributed by atoms with Gasteiger partial charge in [0.2, 0.25) is 0 Å². The summed E-state index contributed by atoms with van der Waals surface area (Å²) in [5.41, 5.74) is 1.90. The van der Waals surface area contributed by atoms with E-state index in [1.54, 1.807) is 6.07 Å². The Hall–Kier alpha value is -2.32. The van der Waals surface area contributed by atoms with Crippen LogP contribution in [0.15, 0.2) is 44.5 Å². The molecule has 0 bridgehead atoms. The number of hydrogen-bond acceptors (Lipinski definition) is 8. The second kappa shape index (κ2) is 11.7. The summed E-state index contributed by atoms with van der Waals surface area (Å²) in [5.74, 6) is -3.16. The van der Waals surface area contributed by atoms with Gasteiger partial charge in [0.15, 0.2) is 16.5 Å². The Labute approximate surface area is 243 Å². The number of sulfonamides is 1. The standard InChI is InChI=1S/C25H26BrClF2N4O4S2/c1-25(2,3)37-24(34)33(20-13-38-14-31-20)39(35,36)23-18(28)10-19(21(26)22(23)29)30-11-16-15(6-4-7-17(16)27)12-32-8-5-9-32/h4,6-7,10,13-14,30H,5,8-9,11-12H2,1-3H3. The van der Waals surface area contributed by atoms with Crippen LogP contribution >= 0.6 is 38.9 Å². The summed E-state index contributed by atoms with van der Waals surface area (Å²) >= 11 is 10.5. The van der Waals surface area contributed by atoms with Crippen LogP contribution in [0.2, 0.25) is 5.02 Å². The van der Waals surface area contributed by atoms with Crippen LogP contribution < -0.4 is 9.62 Å². The molecule has 1 aliphatic heterocycles. The van der Waals surface area contributed by atoms with Gasteiger partial charge in [-0.05, 0) is 79.5 Å². The van der Waals surface area contributed by atoms with Crippen molar-refractivity contribution in [2.24, 2.45) is 0 Å². The molecule has 1 fully saturated rings. The third kappa shape index (κ3) is 6.54. The number of benzene rings is 2. The Morgan fingerprint density at radius 1 is 1.31 bits per heavy atom. The van der Waals surface area contributed by atoms with Gasteiger partial charge < -0.3 is 10.1 Å². The van der Waals surface area contributed by atoms with Crippen LogP contribution in [0, 0.1) is 11.6 Å². The lowest BCUT2D eigenvalue weighted by molar-refractivity contribution is 0.0608. The first-order valence-corrected chi connectivity index (χ1v) is 15.4. The number of halogens is 4. The summed E-state index contributed by atoms with van der Waals surface area (Å²) in [6.45, 7) is 7.39. The Bertz CT molecular complexity index is 1480. The van der Waals surface area contributed by atoms with Crippen molar-refractivity contribution in [3.63, 3.8) is 0 Å². The summed E-state index contributed by atoms with van der Waals surface area (Å²) in [5, 5.41) is 4.70. The monoisotopic (exact) mass is 662 g/mol. The lowest BCUT2D eigenvalue weighted by Gasteiger charge is -2.31. The molecule has 8 nitrogen and oxygen atoms in total. The number of thiazole rings is 1. The van der Waals surface area contributed by atoms with Crippen LogP contribution in [-0.2, 0) is 27.8 Å². The lowest BCUT2D eigenvalue weighted by Crippen LogP contribution is -2.41. The fourth-order valence-corrected chi connectivity index (χ4v) is 6.70. The highest BCUT2D eigenvalue weighted by atomic mass is 79.9. The van der Waals surface area contributed by atoms with Gasteiger partial charge in [-0.15, -0.1) is 15.6 Å². The maximum atomic E-state index is 15.6. The van der Waals surface area contributed by atoms with Gasteiger partial charge in [-0.25, -0.2) is 27.0 Å². The van der Waals surface area contributed by atoms with Gasteiger partial charge in [0.05, 0.1) is 15.7 Å². The maximum Gasteiger partial charge on any atom is 0.430 e. The molecule has 0 radical (unpaired) electrons. The number of anilines is 2. The maximum absolute atomic E-state index is 15.6. The van der Waals surface area contributed by atoms with Crippen molar-refractivity contribution in [1.29, 1.82) is 0 Å². The molecule has 1 saturated heterocycles. The summed E-state index contributed by atoms with van der Waals surface area (Å²) in [6.07, 6.45) is -0.220. The Kier molecular flexibility index (Phi) is 8.86. The van der Waals surface area contributed by atoms with Crippen LogP contribution in [0.5, 0.6) is 0 Å². The molecule has 0 unspecified atom stereocenters. The number of likely N-dealkylation sites (tertiary alicyclic amines) is 1. The number of carbonyl (C=O) groups is 1. The van der Waals surface area contributed by atoms with Gasteiger partial charge in [0.1, 0.15) is 11.4 Å². The van der Waals surface area contributed by atoms with Crippen LogP contribution in [-0.4, -0.2) is 43.1 Å². The van der Waals surface area contributed by atoms with Crippen molar-refractivity contribution in [2.75, 3.05) is 22.7 Å². The predicted octanol–water partition coefficient (Wildman–Crippen LogP) is 6.79. The minimum Gasteiger partial charge on any atom is -0.443 e. The number of amides is 1. The van der Waals surface area contributed by atoms with E-state index in [0.717, 1.165) is 48.0 Å². The first-order valence-electron chi connectivity index (χ1n) is 11.9. The van der Waals surface area contributed by atoms with Crippen LogP contribution in [0.3, 0.4) is 0 Å². The first kappa shape index (κ1) is 29.7. The zero-order valence-electron chi connectivity index (χ0n) is 21.3. The summed E-state index contributed by atoms with van der Waals surface area (Å²) < 4.78 is 63.0. The van der Waals surface area contributed by atoms with E-state index < -0.39 is 38.2 Å². The highest BCUT2D eigenvalue weighted by Crippen LogP contribution is 2.36. The smallest absolute Gasteiger partial charge is 0.430 e. The van der Waals surface area contributed by atoms with Crippen LogP contribution in [0.1, 0.15) is 38.3 Å². The van der Waals surface area contributed by atoms with Gasteiger partial charge >= 0.3 is 6.09 Å². The molecule has 1 amide bonds. The van der Waals surface area contributed by atoms with Crippen LogP contribution in [0.25, 0.3) is 0 Å². The molecule has 4 rings (SSSR count). The molecule has 1 aliphatic rings. The van der Waals surface area contributed by atoms with E-state index in [2.05, 4.69) is 31.1 Å². The molecule has 210 valence electrons. The predicted molar refractivity (Wildman–Crippen MR) is 151 cm³/mol. The van der Waals surface area contributed by atoms with E-state index in [1.807, 2.05) is 12.1 Å². The number of aromatic nitrogens is 1. The summed E-state index contributed by atoms with van der Waals surface area (Å²) in [6, 6.07) is 6.36. The largest absolute Gasteiger partial charge is 0.443 e. The molecule has 2 heterocycles. The van der Waals surface area contributed by atoms with Gasteiger partial charge in [0.25, 0.3) is 10.0 Å². The quantitative estimate of drug-likeness (QED) is 0.266. The number of rotatable bonds is 8. The minimum atomic E-state index is -5.12. The summed E-state index contributed by atoms with van der Waals surface area (Å²) in [4.78, 5) is 17.7. The van der Waals surface area contributed by atoms with E-state index >= 15 is 8.78 Å². The van der Waals surface area contributed by atoms with Crippen molar-refractivity contribution in [2.45, 2.75) is 50.8 Å². The average molecular weight is 664 g/mol. The van der Waals surface area contributed by atoms with Gasteiger partial charge in [-0.3, -0.25) is 4.90 Å². The zero-order valence-corrected chi connectivity index (χ0v) is 25.3. The van der Waals surface area contributed by atoms with Crippen molar-refractivity contribution in [3.05, 3.63) is 67.4 Å². The van der Waals surface area contributed by atoms with Crippen molar-refractivity contribution in [1.82, 2.24) is 9.88 Å². The molecule has 1 aromatic heterocycles. The Balaban J connectivity index is 1.67. The van der Waals surface area contributed by atoms with E-state index in [-0.39, 0.29) is 26.8 Å². The first-order chi connectivity index (χ1) is 18.3. The topological polar surface area (TPSA) is 91.8 Å². The Morgan fingerprint density at radius 2 is 2.03 bits per heavy atom. The van der Waals surface area contributed by atoms with E-state index in [1.165, 1.54) is 31.7 Å². The number of nitrogens with one attached hydrogen (secondary N) is 1. The van der Waals surface area contributed by atoms with E-state index in [4.69, 9.17) is 16.3 Å². The van der Waals surface area contributed by atoms with Crippen molar-refractivity contribution < 1.29 is 26.7 Å². The molecule has 0 saturated carbocycles. The highest BCUT2D eigenvalue weighted by Gasteiger charge is 2.40. The van der Waals surface area contributed by atoms with Gasteiger partial charge in [-0.1, -0.05) is 23.7 Å². The minimum absolute atomic E-state index is 0.0313. The number of ether oxygens (including phenoxy) is 1. The molecule has 2 aromatic carbocycles. The molecule has 0 aliphatic carbocycles. The van der Waals surface area contributed by atoms with Gasteiger partial charge in [0, 0.05) is 23.5 Å². The molecule has 3 aromatic rings. The molecular weight excluding hydrogens is 638 g/mol. The summed E-state index contributed by atoms with van der Waals surface area (Å²) in [7, 11) is -5.12. The number of hydrogen-bond donors (Lipinski definition) is 1. The van der Waals surface area contributed by atoms with Crippen molar-refractivity contribution >= 4 is 66.5 Å². The highest BCUT2D eigenvalue weighted by molar-refractivity contribution is 9.10. The third-order valence-electron chi connectivity index (χ3n) is 5.82. The lowest BCUT2D eigenvalue weighted by atomic mass is 10.0. The van der Waals surface area contributed by atoms with Gasteiger partial charge in [-0.2, -0.15) is 0 Å². The normalized spacial score (nSPS) is 14.1. The third-order valence-corrected chi connectivity index (χ3v) is 9.23. The fourth-order valence-electron chi connectivity index (χ4n) is 3.87.